The van der Waals surface area contributed by atoms with Gasteiger partial charge in [0.15, 0.2) is 0 Å². The molecule has 24 heavy (non-hydrogen) atoms. The van der Waals surface area contributed by atoms with Gasteiger partial charge in [0.05, 0.1) is 5.56 Å². The van der Waals surface area contributed by atoms with Gasteiger partial charge in [0.25, 0.3) is 5.91 Å². The Morgan fingerprint density at radius 3 is 2.67 bits per heavy atom. The van der Waals surface area contributed by atoms with Crippen molar-refractivity contribution < 1.29 is 4.79 Å². The molecule has 3 heterocycles. The number of nitrogens with zero attached hydrogens (tertiary/aromatic N) is 1. The van der Waals surface area contributed by atoms with Crippen LogP contribution in [0.2, 0.25) is 0 Å². The Kier molecular flexibility index (Phi) is 3.85. The molecule has 0 unspecified atom stereocenters. The van der Waals surface area contributed by atoms with E-state index in [0.29, 0.717) is 6.04 Å². The van der Waals surface area contributed by atoms with Gasteiger partial charge in [-0.1, -0.05) is 29.8 Å². The molecule has 1 atom stereocenters. The molecule has 1 aromatic carbocycles. The second-order valence-electron chi connectivity index (χ2n) is 6.98. The van der Waals surface area contributed by atoms with Crippen LogP contribution in [-0.4, -0.2) is 23.4 Å². The quantitative estimate of drug-likeness (QED) is 0.876. The van der Waals surface area contributed by atoms with Gasteiger partial charge in [-0.3, -0.25) is 9.69 Å². The van der Waals surface area contributed by atoms with Crippen LogP contribution in [-0.2, 0) is 13.0 Å². The fourth-order valence-electron chi connectivity index (χ4n) is 3.50. The molecular weight excluding hydrogens is 318 g/mol. The molecule has 0 spiro atoms. The number of carbonyl (C=O) groups is 1. The first-order chi connectivity index (χ1) is 11.5. The predicted octanol–water partition coefficient (Wildman–Crippen LogP) is 3.68. The summed E-state index contributed by atoms with van der Waals surface area (Å²) in [4.78, 5) is 16.5. The summed E-state index contributed by atoms with van der Waals surface area (Å²) in [5.74, 6) is 0.0600. The Labute approximate surface area is 146 Å². The van der Waals surface area contributed by atoms with Crippen molar-refractivity contribution in [2.24, 2.45) is 0 Å². The van der Waals surface area contributed by atoms with E-state index in [9.17, 15) is 4.79 Å². The van der Waals surface area contributed by atoms with Crippen molar-refractivity contribution in [1.29, 1.82) is 0 Å². The first-order valence-electron chi connectivity index (χ1n) is 8.55. The van der Waals surface area contributed by atoms with Crippen molar-refractivity contribution in [1.82, 2.24) is 10.2 Å². The molecule has 0 fully saturated rings. The number of hydrogen-bond acceptors (Lipinski definition) is 4. The minimum Gasteiger partial charge on any atom is -0.353 e. The highest BCUT2D eigenvalue weighted by Gasteiger charge is 2.33. The topological polar surface area (TPSA) is 44.4 Å². The minimum atomic E-state index is -0.146. The van der Waals surface area contributed by atoms with Gasteiger partial charge >= 0.3 is 0 Å². The number of fused-ring (bicyclic) bond motifs is 3. The van der Waals surface area contributed by atoms with Crippen LogP contribution in [0, 0.1) is 6.92 Å². The summed E-state index contributed by atoms with van der Waals surface area (Å²) >= 11 is 1.75. The Hall–Kier alpha value is -1.85. The number of benzene rings is 1. The average Bonchev–Trinajstić information content (AvgIpc) is 2.93. The molecule has 2 N–H and O–H groups in total. The first-order valence-corrected chi connectivity index (χ1v) is 9.37. The molecule has 0 bridgehead atoms. The molecule has 5 heteroatoms. The van der Waals surface area contributed by atoms with Crippen LogP contribution in [0.25, 0.3) is 0 Å². The number of aryl methyl sites for hydroxylation is 1. The SMILES string of the molecule is Cc1ccc([C@@H]2NC(=O)c3c(sc4c3CCN(C(C)C)C4)N2)cc1. The summed E-state index contributed by atoms with van der Waals surface area (Å²) in [6.07, 6.45) is 0.816. The van der Waals surface area contributed by atoms with E-state index in [1.54, 1.807) is 11.3 Å². The highest BCUT2D eigenvalue weighted by molar-refractivity contribution is 7.16. The van der Waals surface area contributed by atoms with Gasteiger partial charge < -0.3 is 10.6 Å². The lowest BCUT2D eigenvalue weighted by molar-refractivity contribution is 0.0934. The highest BCUT2D eigenvalue weighted by atomic mass is 32.1. The van der Waals surface area contributed by atoms with Gasteiger partial charge in [0.1, 0.15) is 11.2 Å². The second kappa shape index (κ2) is 5.90. The zero-order valence-electron chi connectivity index (χ0n) is 14.3. The summed E-state index contributed by atoms with van der Waals surface area (Å²) in [7, 11) is 0. The van der Waals surface area contributed by atoms with Crippen LogP contribution in [0.5, 0.6) is 0 Å². The molecule has 0 radical (unpaired) electrons. The number of anilines is 1. The molecule has 4 nitrogen and oxygen atoms in total. The summed E-state index contributed by atoms with van der Waals surface area (Å²) in [5, 5.41) is 7.68. The van der Waals surface area contributed by atoms with Crippen LogP contribution in [0.1, 0.15) is 51.9 Å². The summed E-state index contributed by atoms with van der Waals surface area (Å²) < 4.78 is 0. The molecule has 2 aromatic rings. The summed E-state index contributed by atoms with van der Waals surface area (Å²) in [5.41, 5.74) is 4.44. The fraction of sp³-hybridized carbons (Fsp3) is 0.421. The summed E-state index contributed by atoms with van der Waals surface area (Å²) in [6, 6.07) is 8.86. The molecule has 126 valence electrons. The lowest BCUT2D eigenvalue weighted by Crippen LogP contribution is -2.39. The zero-order valence-corrected chi connectivity index (χ0v) is 15.2. The van der Waals surface area contributed by atoms with Gasteiger partial charge in [-0.2, -0.15) is 0 Å². The predicted molar refractivity (Wildman–Crippen MR) is 98.6 cm³/mol. The average molecular weight is 341 g/mol. The standard InChI is InChI=1S/C19H23N3OS/c1-11(2)22-9-8-14-15(10-22)24-19-16(14)18(23)20-17(21-19)13-6-4-12(3)5-7-13/h4-7,11,17,21H,8-10H2,1-3H3,(H,20,23)/t17-/m1/s1. The van der Waals surface area contributed by atoms with Crippen LogP contribution in [0.4, 0.5) is 5.00 Å². The molecule has 0 saturated heterocycles. The second-order valence-corrected chi connectivity index (χ2v) is 8.09. The van der Waals surface area contributed by atoms with Gasteiger partial charge in [-0.05, 0) is 38.3 Å². The largest absolute Gasteiger partial charge is 0.353 e. The third-order valence-corrected chi connectivity index (χ3v) is 6.15. The smallest absolute Gasteiger partial charge is 0.256 e. The Morgan fingerprint density at radius 1 is 1.21 bits per heavy atom. The number of rotatable bonds is 2. The monoisotopic (exact) mass is 341 g/mol. The third kappa shape index (κ3) is 2.62. The molecule has 2 aliphatic heterocycles. The number of hydrogen-bond donors (Lipinski definition) is 2. The van der Waals surface area contributed by atoms with E-state index in [1.165, 1.54) is 16.0 Å². The van der Waals surface area contributed by atoms with Crippen molar-refractivity contribution in [3.05, 3.63) is 51.4 Å². The molecule has 1 aromatic heterocycles. The maximum Gasteiger partial charge on any atom is 0.256 e. The van der Waals surface area contributed by atoms with Crippen LogP contribution in [0.15, 0.2) is 24.3 Å². The van der Waals surface area contributed by atoms with Crippen molar-refractivity contribution in [3.63, 3.8) is 0 Å². The van der Waals surface area contributed by atoms with Crippen LogP contribution < -0.4 is 10.6 Å². The van der Waals surface area contributed by atoms with Crippen molar-refractivity contribution in [2.45, 2.75) is 45.9 Å². The van der Waals surface area contributed by atoms with Crippen LogP contribution >= 0.6 is 11.3 Å². The van der Waals surface area contributed by atoms with Crippen molar-refractivity contribution in [3.8, 4) is 0 Å². The van der Waals surface area contributed by atoms with E-state index in [-0.39, 0.29) is 12.1 Å². The fourth-order valence-corrected chi connectivity index (χ4v) is 4.80. The zero-order chi connectivity index (χ0) is 16.8. The van der Waals surface area contributed by atoms with Crippen LogP contribution in [0.3, 0.4) is 0 Å². The van der Waals surface area contributed by atoms with E-state index in [4.69, 9.17) is 0 Å². The molecule has 0 saturated carbocycles. The van der Waals surface area contributed by atoms with Gasteiger partial charge in [-0.15, -0.1) is 11.3 Å². The minimum absolute atomic E-state index is 0.0600. The van der Waals surface area contributed by atoms with E-state index in [0.717, 1.165) is 35.6 Å². The van der Waals surface area contributed by atoms with Crippen molar-refractivity contribution >= 4 is 22.2 Å². The molecular formula is C19H23N3OS. The molecule has 2 aliphatic rings. The number of carbonyl (C=O) groups excluding carboxylic acids is 1. The molecule has 1 amide bonds. The van der Waals surface area contributed by atoms with Crippen molar-refractivity contribution in [2.75, 3.05) is 11.9 Å². The van der Waals surface area contributed by atoms with Gasteiger partial charge in [0.2, 0.25) is 0 Å². The number of amides is 1. The maximum atomic E-state index is 12.7. The third-order valence-electron chi connectivity index (χ3n) is 5.01. The maximum absolute atomic E-state index is 12.7. The normalized spacial score (nSPS) is 20.3. The number of nitrogens with one attached hydrogen (secondary N) is 2. The highest BCUT2D eigenvalue weighted by Crippen LogP contribution is 2.41. The molecule has 0 aliphatic carbocycles. The van der Waals surface area contributed by atoms with E-state index in [1.807, 2.05) is 0 Å². The Balaban J connectivity index is 1.65. The lowest BCUT2D eigenvalue weighted by atomic mass is 9.99. The Morgan fingerprint density at radius 2 is 1.96 bits per heavy atom. The van der Waals surface area contributed by atoms with Gasteiger partial charge in [0, 0.05) is 24.0 Å². The van der Waals surface area contributed by atoms with E-state index in [2.05, 4.69) is 60.6 Å². The summed E-state index contributed by atoms with van der Waals surface area (Å²) in [6.45, 7) is 8.52. The van der Waals surface area contributed by atoms with E-state index < -0.39 is 0 Å². The Bertz CT molecular complexity index is 779. The first kappa shape index (κ1) is 15.7. The number of thiophene rings is 1. The molecule has 4 rings (SSSR count). The lowest BCUT2D eigenvalue weighted by Gasteiger charge is -2.31. The van der Waals surface area contributed by atoms with E-state index >= 15 is 0 Å². The van der Waals surface area contributed by atoms with Gasteiger partial charge in [-0.25, -0.2) is 0 Å².